The summed E-state index contributed by atoms with van der Waals surface area (Å²) in [6.45, 7) is 5.30. The second kappa shape index (κ2) is 5.17. The first-order valence-corrected chi connectivity index (χ1v) is 7.48. The lowest BCUT2D eigenvalue weighted by Crippen LogP contribution is -2.48. The fourth-order valence-electron chi connectivity index (χ4n) is 2.37. The van der Waals surface area contributed by atoms with Gasteiger partial charge in [-0.3, -0.25) is 4.79 Å². The molecule has 0 spiro atoms. The Morgan fingerprint density at radius 1 is 1.26 bits per heavy atom. The molecule has 0 N–H and O–H groups in total. The lowest BCUT2D eigenvalue weighted by Gasteiger charge is -2.34. The molecule has 5 heteroatoms. The van der Waals surface area contributed by atoms with Gasteiger partial charge in [0, 0.05) is 32.6 Å². The van der Waals surface area contributed by atoms with Gasteiger partial charge in [0.05, 0.1) is 10.2 Å². The predicted octanol–water partition coefficient (Wildman–Crippen LogP) is 2.35. The van der Waals surface area contributed by atoms with E-state index in [1.54, 1.807) is 11.3 Å². The predicted molar refractivity (Wildman–Crippen MR) is 78.7 cm³/mol. The van der Waals surface area contributed by atoms with Crippen LogP contribution in [0.2, 0.25) is 0 Å². The van der Waals surface area contributed by atoms with Crippen LogP contribution in [0.1, 0.15) is 13.3 Å². The first-order chi connectivity index (χ1) is 9.28. The minimum Gasteiger partial charge on any atom is -0.345 e. The molecule has 0 aliphatic carbocycles. The van der Waals surface area contributed by atoms with Crippen molar-refractivity contribution < 1.29 is 4.79 Å². The van der Waals surface area contributed by atoms with Crippen molar-refractivity contribution in [2.24, 2.45) is 0 Å². The molecule has 0 bridgehead atoms. The normalized spacial score (nSPS) is 16.1. The largest absolute Gasteiger partial charge is 0.345 e. The number of carbonyl (C=O) groups is 1. The number of para-hydroxylation sites is 1. The van der Waals surface area contributed by atoms with Crippen molar-refractivity contribution >= 4 is 32.6 Å². The Labute approximate surface area is 116 Å². The van der Waals surface area contributed by atoms with Gasteiger partial charge in [0.25, 0.3) is 0 Å². The van der Waals surface area contributed by atoms with Gasteiger partial charge in [0.15, 0.2) is 5.13 Å². The van der Waals surface area contributed by atoms with Crippen LogP contribution in [-0.2, 0) is 4.79 Å². The molecule has 2 aromatic rings. The molecule has 1 aliphatic rings. The molecule has 1 saturated heterocycles. The summed E-state index contributed by atoms with van der Waals surface area (Å²) in [5.74, 6) is 0.254. The number of rotatable bonds is 2. The van der Waals surface area contributed by atoms with E-state index in [0.717, 1.165) is 36.8 Å². The number of amides is 1. The average Bonchev–Trinajstić information content (AvgIpc) is 2.90. The van der Waals surface area contributed by atoms with Gasteiger partial charge in [-0.1, -0.05) is 30.4 Å². The molecule has 0 radical (unpaired) electrons. The lowest BCUT2D eigenvalue weighted by atomic mass is 10.3. The first kappa shape index (κ1) is 12.4. The summed E-state index contributed by atoms with van der Waals surface area (Å²) in [6.07, 6.45) is 0.598. The number of nitrogens with zero attached hydrogens (tertiary/aromatic N) is 3. The van der Waals surface area contributed by atoms with Gasteiger partial charge in [0.2, 0.25) is 5.91 Å². The molecule has 100 valence electrons. The minimum atomic E-state index is 0.254. The summed E-state index contributed by atoms with van der Waals surface area (Å²) in [5.41, 5.74) is 1.06. The molecular formula is C14H17N3OS. The van der Waals surface area contributed by atoms with E-state index >= 15 is 0 Å². The quantitative estimate of drug-likeness (QED) is 0.844. The van der Waals surface area contributed by atoms with Crippen LogP contribution in [0.15, 0.2) is 24.3 Å². The highest BCUT2D eigenvalue weighted by Crippen LogP contribution is 2.29. The molecule has 1 amide bonds. The third-order valence-corrected chi connectivity index (χ3v) is 4.59. The van der Waals surface area contributed by atoms with Crippen LogP contribution in [0.4, 0.5) is 5.13 Å². The third-order valence-electron chi connectivity index (χ3n) is 3.49. The molecule has 4 nitrogen and oxygen atoms in total. The molecule has 0 saturated carbocycles. The van der Waals surface area contributed by atoms with E-state index < -0.39 is 0 Å². The number of hydrogen-bond donors (Lipinski definition) is 0. The summed E-state index contributed by atoms with van der Waals surface area (Å²) < 4.78 is 1.23. The summed E-state index contributed by atoms with van der Waals surface area (Å²) in [4.78, 5) is 20.5. The molecule has 3 rings (SSSR count). The highest BCUT2D eigenvalue weighted by molar-refractivity contribution is 7.22. The molecule has 1 fully saturated rings. The highest BCUT2D eigenvalue weighted by atomic mass is 32.1. The lowest BCUT2D eigenvalue weighted by molar-refractivity contribution is -0.131. The Hall–Kier alpha value is -1.62. The van der Waals surface area contributed by atoms with Gasteiger partial charge < -0.3 is 9.80 Å². The van der Waals surface area contributed by atoms with E-state index in [9.17, 15) is 4.79 Å². The zero-order chi connectivity index (χ0) is 13.2. The number of anilines is 1. The van der Waals surface area contributed by atoms with Crippen molar-refractivity contribution in [3.63, 3.8) is 0 Å². The fraction of sp³-hybridized carbons (Fsp3) is 0.429. The second-order valence-corrected chi connectivity index (χ2v) is 5.69. The summed E-state index contributed by atoms with van der Waals surface area (Å²) in [6, 6.07) is 8.21. The van der Waals surface area contributed by atoms with E-state index in [-0.39, 0.29) is 5.91 Å². The van der Waals surface area contributed by atoms with Crippen molar-refractivity contribution in [3.8, 4) is 0 Å². The number of piperazine rings is 1. The van der Waals surface area contributed by atoms with Crippen molar-refractivity contribution in [2.45, 2.75) is 13.3 Å². The molecule has 1 aromatic heterocycles. The van der Waals surface area contributed by atoms with Gasteiger partial charge in [-0.05, 0) is 12.1 Å². The van der Waals surface area contributed by atoms with Crippen LogP contribution in [0, 0.1) is 0 Å². The van der Waals surface area contributed by atoms with E-state index in [4.69, 9.17) is 0 Å². The van der Waals surface area contributed by atoms with E-state index in [1.165, 1.54) is 4.70 Å². The third kappa shape index (κ3) is 2.42. The highest BCUT2D eigenvalue weighted by Gasteiger charge is 2.21. The number of aromatic nitrogens is 1. The number of carbonyl (C=O) groups excluding carboxylic acids is 1. The van der Waals surface area contributed by atoms with Gasteiger partial charge in [-0.15, -0.1) is 0 Å². The van der Waals surface area contributed by atoms with Crippen LogP contribution >= 0.6 is 11.3 Å². The Balaban J connectivity index is 1.72. The van der Waals surface area contributed by atoms with E-state index in [1.807, 2.05) is 30.0 Å². The number of benzene rings is 1. The van der Waals surface area contributed by atoms with Crippen molar-refractivity contribution in [1.29, 1.82) is 0 Å². The standard InChI is InChI=1S/C14H17N3OS/c1-2-13(18)16-7-9-17(10-8-16)14-15-11-5-3-4-6-12(11)19-14/h3-6H,2,7-10H2,1H3. The topological polar surface area (TPSA) is 36.4 Å². The molecule has 0 unspecified atom stereocenters. The van der Waals surface area contributed by atoms with Crippen LogP contribution in [0.3, 0.4) is 0 Å². The number of fused-ring (bicyclic) bond motifs is 1. The van der Waals surface area contributed by atoms with Gasteiger partial charge >= 0.3 is 0 Å². The number of thiazole rings is 1. The zero-order valence-corrected chi connectivity index (χ0v) is 11.8. The summed E-state index contributed by atoms with van der Waals surface area (Å²) >= 11 is 1.73. The van der Waals surface area contributed by atoms with E-state index in [2.05, 4.69) is 16.0 Å². The maximum absolute atomic E-state index is 11.6. The molecule has 2 heterocycles. The monoisotopic (exact) mass is 275 g/mol. The number of hydrogen-bond acceptors (Lipinski definition) is 4. The Morgan fingerprint density at radius 3 is 2.68 bits per heavy atom. The molecule has 19 heavy (non-hydrogen) atoms. The molecule has 0 atom stereocenters. The Kier molecular flexibility index (Phi) is 3.38. The smallest absolute Gasteiger partial charge is 0.222 e. The second-order valence-electron chi connectivity index (χ2n) is 4.69. The van der Waals surface area contributed by atoms with Gasteiger partial charge in [0.1, 0.15) is 0 Å². The van der Waals surface area contributed by atoms with Crippen LogP contribution in [-0.4, -0.2) is 42.0 Å². The zero-order valence-electron chi connectivity index (χ0n) is 11.0. The summed E-state index contributed by atoms with van der Waals surface area (Å²) in [5, 5.41) is 1.07. The van der Waals surface area contributed by atoms with Crippen molar-refractivity contribution in [2.75, 3.05) is 31.1 Å². The van der Waals surface area contributed by atoms with Crippen molar-refractivity contribution in [3.05, 3.63) is 24.3 Å². The molecule has 1 aromatic carbocycles. The fourth-order valence-corrected chi connectivity index (χ4v) is 3.38. The Bertz CT molecular complexity index is 554. The van der Waals surface area contributed by atoms with Crippen LogP contribution < -0.4 is 4.90 Å². The van der Waals surface area contributed by atoms with Crippen LogP contribution in [0.25, 0.3) is 10.2 Å². The van der Waals surface area contributed by atoms with E-state index in [0.29, 0.717) is 6.42 Å². The first-order valence-electron chi connectivity index (χ1n) is 6.66. The van der Waals surface area contributed by atoms with Crippen molar-refractivity contribution in [1.82, 2.24) is 9.88 Å². The summed E-state index contributed by atoms with van der Waals surface area (Å²) in [7, 11) is 0. The average molecular weight is 275 g/mol. The van der Waals surface area contributed by atoms with Crippen LogP contribution in [0.5, 0.6) is 0 Å². The molecule has 1 aliphatic heterocycles. The molecular weight excluding hydrogens is 258 g/mol. The maximum Gasteiger partial charge on any atom is 0.222 e. The van der Waals surface area contributed by atoms with Gasteiger partial charge in [-0.2, -0.15) is 0 Å². The maximum atomic E-state index is 11.6. The SMILES string of the molecule is CCC(=O)N1CCN(c2nc3ccccc3s2)CC1. The van der Waals surface area contributed by atoms with Gasteiger partial charge in [-0.25, -0.2) is 4.98 Å². The Morgan fingerprint density at radius 2 is 2.00 bits per heavy atom. The minimum absolute atomic E-state index is 0.254.